The van der Waals surface area contributed by atoms with Gasteiger partial charge >= 0.3 is 0 Å². The molecule has 0 aromatic heterocycles. The van der Waals surface area contributed by atoms with Crippen LogP contribution in [-0.4, -0.2) is 5.54 Å². The lowest BCUT2D eigenvalue weighted by Crippen LogP contribution is -2.38. The van der Waals surface area contributed by atoms with E-state index >= 15 is 0 Å². The van der Waals surface area contributed by atoms with Gasteiger partial charge in [-0.2, -0.15) is 0 Å². The van der Waals surface area contributed by atoms with E-state index in [-0.39, 0.29) is 5.54 Å². The van der Waals surface area contributed by atoms with Crippen molar-refractivity contribution >= 4 is 0 Å². The first-order valence-corrected chi connectivity index (χ1v) is 5.64. The van der Waals surface area contributed by atoms with E-state index in [1.165, 1.54) is 31.2 Å². The zero-order valence-corrected chi connectivity index (χ0v) is 8.45. The van der Waals surface area contributed by atoms with E-state index in [1.54, 1.807) is 0 Å². The van der Waals surface area contributed by atoms with Crippen molar-refractivity contribution in [1.82, 2.24) is 0 Å². The highest BCUT2D eigenvalue weighted by molar-refractivity contribution is 5.34. The average molecular weight is 187 g/mol. The minimum Gasteiger partial charge on any atom is -0.324 e. The minimum atomic E-state index is 0.166. The molecule has 2 unspecified atom stereocenters. The van der Waals surface area contributed by atoms with Crippen LogP contribution in [0.15, 0.2) is 30.3 Å². The Morgan fingerprint density at radius 2 is 1.86 bits per heavy atom. The molecular formula is C13H17N. The van der Waals surface area contributed by atoms with Gasteiger partial charge in [0.25, 0.3) is 0 Å². The molecule has 0 aliphatic heterocycles. The van der Waals surface area contributed by atoms with Gasteiger partial charge in [-0.05, 0) is 30.7 Å². The lowest BCUT2D eigenvalue weighted by atomic mass is 9.77. The van der Waals surface area contributed by atoms with Crippen LogP contribution in [0.25, 0.3) is 0 Å². The Bertz CT molecular complexity index is 328. The largest absolute Gasteiger partial charge is 0.324 e. The molecule has 14 heavy (non-hydrogen) atoms. The Balaban J connectivity index is 1.78. The van der Waals surface area contributed by atoms with Crippen molar-refractivity contribution < 1.29 is 0 Å². The summed E-state index contributed by atoms with van der Waals surface area (Å²) >= 11 is 0. The molecule has 1 nitrogen and oxygen atoms in total. The number of rotatable bonds is 2. The third kappa shape index (κ3) is 1.12. The molecule has 0 bridgehead atoms. The third-order valence-electron chi connectivity index (χ3n) is 4.11. The predicted octanol–water partition coefficient (Wildman–Crippen LogP) is 2.67. The summed E-state index contributed by atoms with van der Waals surface area (Å²) in [6, 6.07) is 10.8. The van der Waals surface area contributed by atoms with Crippen LogP contribution in [0.3, 0.4) is 0 Å². The molecule has 1 aromatic carbocycles. The van der Waals surface area contributed by atoms with Crippen molar-refractivity contribution in [3.8, 4) is 0 Å². The summed E-state index contributed by atoms with van der Waals surface area (Å²) in [7, 11) is 0. The van der Waals surface area contributed by atoms with Crippen LogP contribution in [-0.2, 0) is 0 Å². The number of hydrogen-bond acceptors (Lipinski definition) is 1. The molecule has 2 N–H and O–H groups in total. The lowest BCUT2D eigenvalue weighted by Gasteiger charge is -2.32. The zero-order valence-electron chi connectivity index (χ0n) is 8.45. The maximum atomic E-state index is 6.43. The fraction of sp³-hybridized carbons (Fsp3) is 0.538. The molecule has 0 amide bonds. The van der Waals surface area contributed by atoms with Crippen molar-refractivity contribution in [3.05, 3.63) is 35.9 Å². The Labute approximate surface area is 85.3 Å². The predicted molar refractivity (Wildman–Crippen MR) is 58.1 cm³/mol. The summed E-state index contributed by atoms with van der Waals surface area (Å²) < 4.78 is 0. The van der Waals surface area contributed by atoms with E-state index in [1.807, 2.05) is 0 Å². The molecule has 2 saturated carbocycles. The van der Waals surface area contributed by atoms with E-state index in [0.717, 1.165) is 5.92 Å². The van der Waals surface area contributed by atoms with Crippen molar-refractivity contribution in [3.63, 3.8) is 0 Å². The smallest absolute Gasteiger partial charge is 0.0259 e. The first-order valence-electron chi connectivity index (χ1n) is 5.64. The quantitative estimate of drug-likeness (QED) is 0.757. The van der Waals surface area contributed by atoms with Crippen molar-refractivity contribution in [2.45, 2.75) is 37.1 Å². The molecule has 2 aliphatic carbocycles. The fourth-order valence-corrected chi connectivity index (χ4v) is 2.81. The maximum Gasteiger partial charge on any atom is 0.0259 e. The van der Waals surface area contributed by atoms with Crippen molar-refractivity contribution in [1.29, 1.82) is 0 Å². The van der Waals surface area contributed by atoms with Crippen LogP contribution in [0, 0.1) is 5.92 Å². The Kier molecular flexibility index (Phi) is 1.72. The molecule has 3 rings (SSSR count). The second-order valence-electron chi connectivity index (χ2n) is 4.91. The molecule has 1 heteroatoms. The zero-order chi connectivity index (χ0) is 9.60. The van der Waals surface area contributed by atoms with Gasteiger partial charge in [-0.25, -0.2) is 0 Å². The summed E-state index contributed by atoms with van der Waals surface area (Å²) in [5, 5.41) is 0. The molecule has 0 saturated heterocycles. The normalized spacial score (nSPS) is 36.5. The van der Waals surface area contributed by atoms with E-state index in [0.29, 0.717) is 5.92 Å². The standard InChI is InChI=1S/C13H17N/c14-13(11-7-4-8-11)9-12(13)10-5-2-1-3-6-10/h1-3,5-6,11-12H,4,7-9,14H2. The Morgan fingerprint density at radius 3 is 2.43 bits per heavy atom. The highest BCUT2D eigenvalue weighted by Gasteiger charge is 2.57. The molecule has 0 heterocycles. The summed E-state index contributed by atoms with van der Waals surface area (Å²) in [6.07, 6.45) is 5.33. The topological polar surface area (TPSA) is 26.0 Å². The fourth-order valence-electron chi connectivity index (χ4n) is 2.81. The van der Waals surface area contributed by atoms with Gasteiger partial charge in [0.2, 0.25) is 0 Å². The Hall–Kier alpha value is -0.820. The molecule has 2 aliphatic rings. The van der Waals surface area contributed by atoms with Gasteiger partial charge in [0.05, 0.1) is 0 Å². The summed E-state index contributed by atoms with van der Waals surface area (Å²) in [5.74, 6) is 1.46. The highest BCUT2D eigenvalue weighted by atomic mass is 14.9. The van der Waals surface area contributed by atoms with Gasteiger partial charge < -0.3 is 5.73 Å². The van der Waals surface area contributed by atoms with E-state index in [4.69, 9.17) is 5.73 Å². The van der Waals surface area contributed by atoms with Gasteiger partial charge in [0.15, 0.2) is 0 Å². The maximum absolute atomic E-state index is 6.43. The van der Waals surface area contributed by atoms with Gasteiger partial charge in [-0.3, -0.25) is 0 Å². The Morgan fingerprint density at radius 1 is 1.14 bits per heavy atom. The van der Waals surface area contributed by atoms with Gasteiger partial charge in [0, 0.05) is 11.5 Å². The number of hydrogen-bond donors (Lipinski definition) is 1. The van der Waals surface area contributed by atoms with E-state index in [9.17, 15) is 0 Å². The summed E-state index contributed by atoms with van der Waals surface area (Å²) in [6.45, 7) is 0. The van der Waals surface area contributed by atoms with Crippen molar-refractivity contribution in [2.75, 3.05) is 0 Å². The molecule has 74 valence electrons. The molecule has 1 aromatic rings. The average Bonchev–Trinajstić information content (AvgIpc) is 2.77. The van der Waals surface area contributed by atoms with Gasteiger partial charge in [-0.1, -0.05) is 36.8 Å². The molecule has 2 fully saturated rings. The lowest BCUT2D eigenvalue weighted by molar-refractivity contribution is 0.242. The first kappa shape index (κ1) is 8.49. The third-order valence-corrected chi connectivity index (χ3v) is 4.11. The van der Waals surface area contributed by atoms with Crippen LogP contribution in [0.4, 0.5) is 0 Å². The molecule has 0 radical (unpaired) electrons. The van der Waals surface area contributed by atoms with Crippen LogP contribution < -0.4 is 5.73 Å². The second-order valence-corrected chi connectivity index (χ2v) is 4.91. The van der Waals surface area contributed by atoms with Gasteiger partial charge in [0.1, 0.15) is 0 Å². The summed E-state index contributed by atoms with van der Waals surface area (Å²) in [5.41, 5.74) is 8.04. The van der Waals surface area contributed by atoms with Crippen LogP contribution in [0.1, 0.15) is 37.2 Å². The summed E-state index contributed by atoms with van der Waals surface area (Å²) in [4.78, 5) is 0. The molecule has 0 spiro atoms. The SMILES string of the molecule is NC1(C2CCC2)CC1c1ccccc1. The van der Waals surface area contributed by atoms with Gasteiger partial charge in [-0.15, -0.1) is 0 Å². The van der Waals surface area contributed by atoms with Crippen LogP contribution in [0.2, 0.25) is 0 Å². The molecular weight excluding hydrogens is 170 g/mol. The number of nitrogens with two attached hydrogens (primary N) is 1. The minimum absolute atomic E-state index is 0.166. The second kappa shape index (κ2) is 2.83. The highest BCUT2D eigenvalue weighted by Crippen LogP contribution is 2.58. The number of benzene rings is 1. The van der Waals surface area contributed by atoms with Crippen molar-refractivity contribution in [2.24, 2.45) is 11.7 Å². The van der Waals surface area contributed by atoms with Crippen LogP contribution in [0.5, 0.6) is 0 Å². The monoisotopic (exact) mass is 187 g/mol. The first-order chi connectivity index (χ1) is 6.81. The molecule has 2 atom stereocenters. The van der Waals surface area contributed by atoms with E-state index < -0.39 is 0 Å². The van der Waals surface area contributed by atoms with E-state index in [2.05, 4.69) is 30.3 Å². The van der Waals surface area contributed by atoms with Crippen LogP contribution >= 0.6 is 0 Å².